The molecule has 2 aromatic rings. The highest BCUT2D eigenvalue weighted by Crippen LogP contribution is 2.53. The van der Waals surface area contributed by atoms with Crippen LogP contribution >= 0.6 is 0 Å². The van der Waals surface area contributed by atoms with Gasteiger partial charge in [-0.2, -0.15) is 0 Å². The quantitative estimate of drug-likeness (QED) is 0.632. The van der Waals surface area contributed by atoms with E-state index in [9.17, 15) is 0 Å². The molecule has 1 heteroatoms. The highest BCUT2D eigenvalue weighted by atomic mass is 15.0. The Bertz CT molecular complexity index is 797. The number of rotatable bonds is 0. The van der Waals surface area contributed by atoms with E-state index < -0.39 is 0 Å². The maximum atomic E-state index is 2.70. The van der Waals surface area contributed by atoms with E-state index in [4.69, 9.17) is 0 Å². The minimum absolute atomic E-state index is 0.738. The third kappa shape index (κ3) is 1.58. The lowest BCUT2D eigenvalue weighted by atomic mass is 9.66. The molecule has 0 N–H and O–H groups in total. The second-order valence-electron chi connectivity index (χ2n) is 7.13. The molecule has 3 unspecified atom stereocenters. The number of para-hydroxylation sites is 1. The highest BCUT2D eigenvalue weighted by Gasteiger charge is 2.41. The number of fused-ring (bicyclic) bond motifs is 1. The van der Waals surface area contributed by atoms with E-state index in [1.54, 1.807) is 11.3 Å². The van der Waals surface area contributed by atoms with E-state index in [-0.39, 0.29) is 0 Å². The summed E-state index contributed by atoms with van der Waals surface area (Å²) in [4.78, 5) is 0. The summed E-state index contributed by atoms with van der Waals surface area (Å²) < 4.78 is 2.70. The summed E-state index contributed by atoms with van der Waals surface area (Å²) in [6, 6.07) is 16.7. The molecule has 4 aliphatic rings. The van der Waals surface area contributed by atoms with Crippen molar-refractivity contribution in [1.29, 1.82) is 0 Å². The van der Waals surface area contributed by atoms with Gasteiger partial charge in [-0.3, -0.25) is 0 Å². The number of benzene rings is 1. The number of aromatic nitrogens is 1. The van der Waals surface area contributed by atoms with Gasteiger partial charge in [0.05, 0.1) is 0 Å². The van der Waals surface area contributed by atoms with Gasteiger partial charge in [-0.05, 0) is 61.6 Å². The fraction of sp³-hybridized carbons (Fsp3) is 0.400. The highest BCUT2D eigenvalue weighted by molar-refractivity contribution is 5.82. The Labute approximate surface area is 125 Å². The third-order valence-corrected chi connectivity index (χ3v) is 5.90. The molecule has 6 bridgehead atoms. The molecular weight excluding hydrogens is 254 g/mol. The standard InChI is InChI=1S/C20H21N/c1-13-5-4-7-18-15-9-14-10-16(12-15)21(20(18)11-14)19-8-3-2-6-17(13)19/h2-8,14-16H,9-12H2,1H3. The summed E-state index contributed by atoms with van der Waals surface area (Å²) in [6.07, 6.45) is 5.47. The van der Waals surface area contributed by atoms with E-state index in [1.165, 1.54) is 42.1 Å². The Morgan fingerprint density at radius 2 is 1.86 bits per heavy atom. The van der Waals surface area contributed by atoms with Crippen LogP contribution in [0, 0.1) is 12.8 Å². The zero-order valence-electron chi connectivity index (χ0n) is 12.5. The molecule has 3 heterocycles. The van der Waals surface area contributed by atoms with E-state index in [0.717, 1.165) is 17.9 Å². The Hall–Kier alpha value is -1.76. The van der Waals surface area contributed by atoms with Crippen LogP contribution < -0.4 is 0 Å². The van der Waals surface area contributed by atoms with Gasteiger partial charge in [0, 0.05) is 22.6 Å². The van der Waals surface area contributed by atoms with Crippen molar-refractivity contribution >= 4 is 10.9 Å². The molecule has 0 radical (unpaired) electrons. The zero-order chi connectivity index (χ0) is 14.0. The first-order chi connectivity index (χ1) is 10.3. The Morgan fingerprint density at radius 1 is 0.952 bits per heavy atom. The maximum Gasteiger partial charge on any atom is 0.0487 e. The molecule has 1 aromatic carbocycles. The van der Waals surface area contributed by atoms with Gasteiger partial charge in [0.2, 0.25) is 0 Å². The van der Waals surface area contributed by atoms with Crippen molar-refractivity contribution < 1.29 is 0 Å². The van der Waals surface area contributed by atoms with Crippen molar-refractivity contribution in [3.63, 3.8) is 0 Å². The zero-order valence-corrected chi connectivity index (χ0v) is 12.5. The summed E-state index contributed by atoms with van der Waals surface area (Å²) in [7, 11) is 0. The summed E-state index contributed by atoms with van der Waals surface area (Å²) >= 11 is 0. The van der Waals surface area contributed by atoms with Crippen LogP contribution in [0.2, 0.25) is 0 Å². The summed E-state index contributed by atoms with van der Waals surface area (Å²) in [5.41, 5.74) is 6.07. The van der Waals surface area contributed by atoms with Crippen LogP contribution in [-0.2, 0) is 6.42 Å². The normalized spacial score (nSPS) is 28.0. The van der Waals surface area contributed by atoms with E-state index >= 15 is 0 Å². The molecule has 21 heavy (non-hydrogen) atoms. The number of hydrogen-bond acceptors (Lipinski definition) is 0. The van der Waals surface area contributed by atoms with Gasteiger partial charge in [0.1, 0.15) is 0 Å². The summed E-state index contributed by atoms with van der Waals surface area (Å²) in [6.45, 7) is 2.24. The monoisotopic (exact) mass is 275 g/mol. The molecule has 106 valence electrons. The fourth-order valence-corrected chi connectivity index (χ4v) is 5.10. The number of aryl methyl sites for hydroxylation is 1. The summed E-state index contributed by atoms with van der Waals surface area (Å²) in [5.74, 6) is 1.77. The SMILES string of the molecule is Cc1cccc2c3n(c4ccccc14)C1CC(C3)CC2C1. The molecule has 0 amide bonds. The van der Waals surface area contributed by atoms with Gasteiger partial charge in [-0.1, -0.05) is 36.4 Å². The minimum atomic E-state index is 0.738. The van der Waals surface area contributed by atoms with Gasteiger partial charge < -0.3 is 4.57 Å². The largest absolute Gasteiger partial charge is 0.341 e. The fourth-order valence-electron chi connectivity index (χ4n) is 5.10. The van der Waals surface area contributed by atoms with Crippen molar-refractivity contribution in [3.8, 4) is 0 Å². The molecule has 1 aromatic heterocycles. The van der Waals surface area contributed by atoms with Crippen LogP contribution in [0.5, 0.6) is 0 Å². The topological polar surface area (TPSA) is 4.93 Å². The van der Waals surface area contributed by atoms with Crippen LogP contribution in [0.4, 0.5) is 0 Å². The second kappa shape index (κ2) is 4.13. The van der Waals surface area contributed by atoms with Gasteiger partial charge in [-0.15, -0.1) is 0 Å². The van der Waals surface area contributed by atoms with Gasteiger partial charge in [-0.25, -0.2) is 0 Å². The van der Waals surface area contributed by atoms with Crippen molar-refractivity contribution in [2.75, 3.05) is 0 Å². The molecule has 2 aliphatic heterocycles. The average Bonchev–Trinajstić information content (AvgIpc) is 2.54. The average molecular weight is 275 g/mol. The predicted octanol–water partition coefficient (Wildman–Crippen LogP) is 5.07. The van der Waals surface area contributed by atoms with Crippen molar-refractivity contribution in [1.82, 2.24) is 4.57 Å². The minimum Gasteiger partial charge on any atom is -0.341 e. The molecule has 6 rings (SSSR count). The van der Waals surface area contributed by atoms with Gasteiger partial charge >= 0.3 is 0 Å². The van der Waals surface area contributed by atoms with E-state index in [2.05, 4.69) is 54.0 Å². The Morgan fingerprint density at radius 3 is 2.81 bits per heavy atom. The molecule has 1 saturated carbocycles. The lowest BCUT2D eigenvalue weighted by Crippen LogP contribution is -2.38. The Balaban J connectivity index is 2.02. The second-order valence-corrected chi connectivity index (χ2v) is 7.13. The molecule has 0 spiro atoms. The van der Waals surface area contributed by atoms with Gasteiger partial charge in [0.15, 0.2) is 0 Å². The van der Waals surface area contributed by atoms with Crippen LogP contribution in [0.1, 0.15) is 48.0 Å². The molecule has 3 atom stereocenters. The van der Waals surface area contributed by atoms with Crippen LogP contribution in [0.25, 0.3) is 10.9 Å². The van der Waals surface area contributed by atoms with Crippen molar-refractivity contribution in [2.24, 2.45) is 5.92 Å². The molecule has 2 aliphatic carbocycles. The molecule has 1 nitrogen and oxygen atoms in total. The number of nitrogens with zero attached hydrogens (tertiary/aromatic N) is 1. The van der Waals surface area contributed by atoms with Crippen LogP contribution in [0.15, 0.2) is 42.5 Å². The smallest absolute Gasteiger partial charge is 0.0487 e. The number of hydrogen-bond donors (Lipinski definition) is 0. The van der Waals surface area contributed by atoms with Crippen molar-refractivity contribution in [3.05, 3.63) is 59.3 Å². The maximum absolute atomic E-state index is 2.70. The van der Waals surface area contributed by atoms with Gasteiger partial charge in [0.25, 0.3) is 0 Å². The summed E-state index contributed by atoms with van der Waals surface area (Å²) in [5, 5.41) is 1.41. The molecule has 1 fully saturated rings. The molecular formula is C20H21N. The lowest BCUT2D eigenvalue weighted by Gasteiger charge is -2.48. The van der Waals surface area contributed by atoms with Crippen LogP contribution in [0.3, 0.4) is 0 Å². The first kappa shape index (κ1) is 11.9. The van der Waals surface area contributed by atoms with Crippen molar-refractivity contribution in [2.45, 2.75) is 44.6 Å². The van der Waals surface area contributed by atoms with E-state index in [1.807, 2.05) is 0 Å². The third-order valence-electron chi connectivity index (χ3n) is 5.90. The van der Waals surface area contributed by atoms with E-state index in [0.29, 0.717) is 0 Å². The molecule has 0 saturated heterocycles. The predicted molar refractivity (Wildman–Crippen MR) is 87.1 cm³/mol. The first-order valence-corrected chi connectivity index (χ1v) is 8.28. The first-order valence-electron chi connectivity index (χ1n) is 8.28. The van der Waals surface area contributed by atoms with Crippen LogP contribution in [-0.4, -0.2) is 4.57 Å². The lowest BCUT2D eigenvalue weighted by molar-refractivity contribution is 0.180. The Kier molecular flexibility index (Phi) is 2.33.